The van der Waals surface area contributed by atoms with Crippen LogP contribution in [0.4, 0.5) is 0 Å². The minimum atomic E-state index is -0.193. The van der Waals surface area contributed by atoms with Crippen molar-refractivity contribution in [3.63, 3.8) is 0 Å². The number of carbonyl (C=O) groups is 2. The Hall–Kier alpha value is -0.940. The topological polar surface area (TPSA) is 46.2 Å². The normalized spacial score (nSPS) is 18.6. The standard InChI is InChI=1S/C14H17NO2S2/c1-18-8-11-4-2-3-10(5-11)7-15-14(17)13-6-12(16)9-19-13/h2-5,13H,6-9H2,1H3,(H,15,17). The molecule has 2 rings (SSSR count). The predicted molar refractivity (Wildman–Crippen MR) is 81.4 cm³/mol. The quantitative estimate of drug-likeness (QED) is 0.905. The summed E-state index contributed by atoms with van der Waals surface area (Å²) in [4.78, 5) is 23.0. The van der Waals surface area contributed by atoms with Gasteiger partial charge in [0.05, 0.1) is 11.0 Å². The second-order valence-corrected chi connectivity index (χ2v) is 6.57. The van der Waals surface area contributed by atoms with Crippen LogP contribution in [-0.2, 0) is 21.9 Å². The van der Waals surface area contributed by atoms with Crippen molar-refractivity contribution in [2.45, 2.75) is 24.0 Å². The highest BCUT2D eigenvalue weighted by molar-refractivity contribution is 8.01. The van der Waals surface area contributed by atoms with Crippen LogP contribution in [0.1, 0.15) is 17.5 Å². The molecular weight excluding hydrogens is 278 g/mol. The summed E-state index contributed by atoms with van der Waals surface area (Å²) in [6.45, 7) is 0.534. The number of ketones is 1. The fourth-order valence-corrected chi connectivity index (χ4v) is 3.54. The molecule has 102 valence electrons. The van der Waals surface area contributed by atoms with Crippen LogP contribution < -0.4 is 5.32 Å². The van der Waals surface area contributed by atoms with Crippen LogP contribution in [0.3, 0.4) is 0 Å². The van der Waals surface area contributed by atoms with E-state index in [0.717, 1.165) is 11.3 Å². The first kappa shape index (κ1) is 14.5. The summed E-state index contributed by atoms with van der Waals surface area (Å²) in [5.41, 5.74) is 2.37. The summed E-state index contributed by atoms with van der Waals surface area (Å²) in [5.74, 6) is 1.61. The van der Waals surface area contributed by atoms with Gasteiger partial charge in [0.25, 0.3) is 0 Å². The van der Waals surface area contributed by atoms with Crippen LogP contribution in [0.5, 0.6) is 0 Å². The molecule has 19 heavy (non-hydrogen) atoms. The second-order valence-electron chi connectivity index (χ2n) is 4.51. The van der Waals surface area contributed by atoms with Gasteiger partial charge >= 0.3 is 0 Å². The number of nitrogens with one attached hydrogen (secondary N) is 1. The molecule has 1 aromatic carbocycles. The van der Waals surface area contributed by atoms with Crippen molar-refractivity contribution in [3.05, 3.63) is 35.4 Å². The van der Waals surface area contributed by atoms with Gasteiger partial charge in [-0.25, -0.2) is 0 Å². The Kier molecular flexibility index (Phi) is 5.34. The van der Waals surface area contributed by atoms with Crippen molar-refractivity contribution in [2.75, 3.05) is 12.0 Å². The number of hydrogen-bond acceptors (Lipinski definition) is 4. The first-order chi connectivity index (χ1) is 9.19. The Morgan fingerprint density at radius 3 is 2.95 bits per heavy atom. The molecule has 0 aromatic heterocycles. The van der Waals surface area contributed by atoms with Gasteiger partial charge in [-0.1, -0.05) is 24.3 Å². The molecule has 1 aliphatic rings. The Labute approximate surface area is 121 Å². The van der Waals surface area contributed by atoms with E-state index in [1.807, 2.05) is 12.1 Å². The maximum absolute atomic E-state index is 11.9. The number of thioether (sulfide) groups is 2. The molecule has 0 bridgehead atoms. The first-order valence-corrected chi connectivity index (χ1v) is 8.61. The van der Waals surface area contributed by atoms with Crippen LogP contribution in [0, 0.1) is 0 Å². The van der Waals surface area contributed by atoms with Crippen LogP contribution >= 0.6 is 23.5 Å². The Balaban J connectivity index is 1.86. The first-order valence-electron chi connectivity index (χ1n) is 6.17. The van der Waals surface area contributed by atoms with Gasteiger partial charge in [0.1, 0.15) is 5.78 Å². The fourth-order valence-electron chi connectivity index (χ4n) is 1.99. The molecule has 1 heterocycles. The molecule has 1 fully saturated rings. The molecule has 1 N–H and O–H groups in total. The third kappa shape index (κ3) is 4.28. The molecule has 3 nitrogen and oxygen atoms in total. The van der Waals surface area contributed by atoms with Crippen LogP contribution in [0.25, 0.3) is 0 Å². The third-order valence-electron chi connectivity index (χ3n) is 2.92. The van der Waals surface area contributed by atoms with Crippen molar-refractivity contribution in [3.8, 4) is 0 Å². The SMILES string of the molecule is CSCc1cccc(CNC(=O)C2CC(=O)CS2)c1. The molecule has 0 saturated carbocycles. The summed E-state index contributed by atoms with van der Waals surface area (Å²) in [5, 5.41) is 2.72. The smallest absolute Gasteiger partial charge is 0.233 e. The Morgan fingerprint density at radius 1 is 1.47 bits per heavy atom. The van der Waals surface area contributed by atoms with E-state index in [1.165, 1.54) is 17.3 Å². The van der Waals surface area contributed by atoms with Crippen LogP contribution in [0.2, 0.25) is 0 Å². The third-order valence-corrected chi connectivity index (χ3v) is 4.81. The summed E-state index contributed by atoms with van der Waals surface area (Å²) >= 11 is 3.22. The van der Waals surface area contributed by atoms with Crippen LogP contribution in [-0.4, -0.2) is 28.9 Å². The van der Waals surface area contributed by atoms with E-state index in [2.05, 4.69) is 23.7 Å². The lowest BCUT2D eigenvalue weighted by Crippen LogP contribution is -2.31. The lowest BCUT2D eigenvalue weighted by molar-refractivity contribution is -0.123. The number of benzene rings is 1. The van der Waals surface area contributed by atoms with Gasteiger partial charge in [0.2, 0.25) is 5.91 Å². The molecule has 0 radical (unpaired) electrons. The van der Waals surface area contributed by atoms with Crippen molar-refractivity contribution in [1.82, 2.24) is 5.32 Å². The molecule has 1 unspecified atom stereocenters. The van der Waals surface area contributed by atoms with Gasteiger partial charge in [-0.2, -0.15) is 11.8 Å². The van der Waals surface area contributed by atoms with E-state index in [-0.39, 0.29) is 16.9 Å². The van der Waals surface area contributed by atoms with Gasteiger partial charge < -0.3 is 5.32 Å². The molecule has 5 heteroatoms. The summed E-state index contributed by atoms with van der Waals surface area (Å²) in [6, 6.07) is 8.23. The van der Waals surface area contributed by atoms with Crippen molar-refractivity contribution < 1.29 is 9.59 Å². The number of carbonyl (C=O) groups excluding carboxylic acids is 2. The van der Waals surface area contributed by atoms with Crippen molar-refractivity contribution >= 4 is 35.2 Å². The van der Waals surface area contributed by atoms with Crippen molar-refractivity contribution in [1.29, 1.82) is 0 Å². The van der Waals surface area contributed by atoms with Gasteiger partial charge in [-0.15, -0.1) is 11.8 Å². The molecule has 0 spiro atoms. The molecule has 1 atom stereocenters. The zero-order chi connectivity index (χ0) is 13.7. The largest absolute Gasteiger partial charge is 0.351 e. The summed E-state index contributed by atoms with van der Waals surface area (Å²) in [6.07, 6.45) is 2.45. The van der Waals surface area contributed by atoms with E-state index < -0.39 is 0 Å². The number of hydrogen-bond donors (Lipinski definition) is 1. The average Bonchev–Trinajstić information content (AvgIpc) is 2.84. The van der Waals surface area contributed by atoms with E-state index >= 15 is 0 Å². The lowest BCUT2D eigenvalue weighted by Gasteiger charge is -2.10. The average molecular weight is 295 g/mol. The second kappa shape index (κ2) is 7.01. The zero-order valence-electron chi connectivity index (χ0n) is 10.8. The lowest BCUT2D eigenvalue weighted by atomic mass is 10.1. The molecule has 1 aliphatic heterocycles. The van der Waals surface area contributed by atoms with E-state index in [1.54, 1.807) is 11.8 Å². The van der Waals surface area contributed by atoms with Gasteiger partial charge in [0, 0.05) is 18.7 Å². The maximum Gasteiger partial charge on any atom is 0.233 e. The van der Waals surface area contributed by atoms with Gasteiger partial charge in [-0.05, 0) is 17.4 Å². The fraction of sp³-hybridized carbons (Fsp3) is 0.429. The molecule has 0 aliphatic carbocycles. The summed E-state index contributed by atoms with van der Waals surface area (Å²) < 4.78 is 0. The van der Waals surface area contributed by atoms with E-state index in [4.69, 9.17) is 0 Å². The number of amides is 1. The predicted octanol–water partition coefficient (Wildman–Crippen LogP) is 2.24. The summed E-state index contributed by atoms with van der Waals surface area (Å²) in [7, 11) is 0. The minimum Gasteiger partial charge on any atom is -0.351 e. The monoisotopic (exact) mass is 295 g/mol. The minimum absolute atomic E-state index is 0.0221. The highest BCUT2D eigenvalue weighted by atomic mass is 32.2. The zero-order valence-corrected chi connectivity index (χ0v) is 12.5. The Bertz CT molecular complexity index is 476. The Morgan fingerprint density at radius 2 is 2.26 bits per heavy atom. The van der Waals surface area contributed by atoms with E-state index in [9.17, 15) is 9.59 Å². The molecule has 1 saturated heterocycles. The van der Waals surface area contributed by atoms with Crippen molar-refractivity contribution in [2.24, 2.45) is 0 Å². The molecule has 1 aromatic rings. The molecule has 1 amide bonds. The highest BCUT2D eigenvalue weighted by Gasteiger charge is 2.28. The van der Waals surface area contributed by atoms with Crippen LogP contribution in [0.15, 0.2) is 24.3 Å². The maximum atomic E-state index is 11.9. The highest BCUT2D eigenvalue weighted by Crippen LogP contribution is 2.23. The number of Topliss-reactive ketones (excluding diaryl/α,β-unsaturated/α-hetero) is 1. The van der Waals surface area contributed by atoms with Gasteiger partial charge in [-0.3, -0.25) is 9.59 Å². The van der Waals surface area contributed by atoms with Gasteiger partial charge in [0.15, 0.2) is 0 Å². The van der Waals surface area contributed by atoms with E-state index in [0.29, 0.717) is 18.7 Å². The molecular formula is C14H17NO2S2. The number of rotatable bonds is 5.